The maximum Gasteiger partial charge on any atom is 0.323 e. The average Bonchev–Trinajstić information content (AvgIpc) is 2.55. The molecule has 0 aliphatic carbocycles. The second-order valence-corrected chi connectivity index (χ2v) is 7.44. The maximum absolute atomic E-state index is 12.3. The molecule has 0 atom stereocenters. The SMILES string of the molecule is O=C(O)CSC(=O)c1cc(Br)cc(Br)c1NC(=O)Nc1ccccc1. The van der Waals surface area contributed by atoms with Crippen molar-refractivity contribution in [2.45, 2.75) is 0 Å². The van der Waals surface area contributed by atoms with Crippen molar-refractivity contribution < 1.29 is 19.5 Å². The minimum Gasteiger partial charge on any atom is -0.481 e. The lowest BCUT2D eigenvalue weighted by atomic mass is 10.2. The van der Waals surface area contributed by atoms with E-state index in [0.717, 1.165) is 0 Å². The van der Waals surface area contributed by atoms with Crippen molar-refractivity contribution in [2.75, 3.05) is 16.4 Å². The lowest BCUT2D eigenvalue weighted by Gasteiger charge is -2.13. The number of carbonyl (C=O) groups excluding carboxylic acids is 2. The van der Waals surface area contributed by atoms with Crippen molar-refractivity contribution >= 4 is 72.1 Å². The molecule has 9 heteroatoms. The number of thioether (sulfide) groups is 1. The smallest absolute Gasteiger partial charge is 0.323 e. The molecule has 0 spiro atoms. The predicted molar refractivity (Wildman–Crippen MR) is 105 cm³/mol. The molecule has 0 radical (unpaired) electrons. The number of hydrogen-bond donors (Lipinski definition) is 3. The molecule has 0 bridgehead atoms. The van der Waals surface area contributed by atoms with E-state index in [2.05, 4.69) is 42.5 Å². The van der Waals surface area contributed by atoms with Crippen LogP contribution >= 0.6 is 43.6 Å². The van der Waals surface area contributed by atoms with Crippen LogP contribution in [0.4, 0.5) is 16.2 Å². The zero-order valence-electron chi connectivity index (χ0n) is 12.6. The fraction of sp³-hybridized carbons (Fsp3) is 0.0625. The van der Waals surface area contributed by atoms with Gasteiger partial charge < -0.3 is 15.7 Å². The first kappa shape index (κ1) is 19.5. The highest BCUT2D eigenvalue weighted by molar-refractivity contribution is 9.11. The predicted octanol–water partition coefficient (Wildman–Crippen LogP) is 4.81. The number of hydrogen-bond acceptors (Lipinski definition) is 4. The summed E-state index contributed by atoms with van der Waals surface area (Å²) in [6.07, 6.45) is 0. The van der Waals surface area contributed by atoms with Crippen LogP contribution < -0.4 is 10.6 Å². The Labute approximate surface area is 164 Å². The third-order valence-corrected chi connectivity index (χ3v) is 4.83. The molecule has 130 valence electrons. The van der Waals surface area contributed by atoms with Crippen LogP contribution in [0.2, 0.25) is 0 Å². The molecular weight excluding hydrogens is 476 g/mol. The third-order valence-electron chi connectivity index (χ3n) is 2.87. The van der Waals surface area contributed by atoms with Crippen LogP contribution in [0.5, 0.6) is 0 Å². The monoisotopic (exact) mass is 486 g/mol. The van der Waals surface area contributed by atoms with Crippen molar-refractivity contribution in [1.29, 1.82) is 0 Å². The molecule has 2 aromatic rings. The van der Waals surface area contributed by atoms with Crippen LogP contribution in [0.3, 0.4) is 0 Å². The van der Waals surface area contributed by atoms with Crippen molar-refractivity contribution in [1.82, 2.24) is 0 Å². The number of para-hydroxylation sites is 1. The Morgan fingerprint density at radius 1 is 1.04 bits per heavy atom. The largest absolute Gasteiger partial charge is 0.481 e. The lowest BCUT2D eigenvalue weighted by Crippen LogP contribution is -2.21. The molecule has 3 N–H and O–H groups in total. The molecule has 2 amide bonds. The summed E-state index contributed by atoms with van der Waals surface area (Å²) in [5, 5.41) is 13.5. The first-order valence-corrected chi connectivity index (χ1v) is 9.45. The molecule has 0 aliphatic rings. The Balaban J connectivity index is 2.22. The van der Waals surface area contributed by atoms with Gasteiger partial charge in [-0.1, -0.05) is 45.9 Å². The second kappa shape index (κ2) is 9.02. The molecular formula is C16H12Br2N2O4S. The van der Waals surface area contributed by atoms with Crippen molar-refractivity contribution in [3.05, 3.63) is 57.0 Å². The minimum absolute atomic E-state index is 0.190. The van der Waals surface area contributed by atoms with Gasteiger partial charge in [-0.25, -0.2) is 4.79 Å². The van der Waals surface area contributed by atoms with Gasteiger partial charge >= 0.3 is 12.0 Å². The Bertz CT molecular complexity index is 815. The molecule has 0 heterocycles. The summed E-state index contributed by atoms with van der Waals surface area (Å²) in [6.45, 7) is 0. The summed E-state index contributed by atoms with van der Waals surface area (Å²) in [5.41, 5.74) is 1.05. The Hall–Kier alpha value is -1.84. The van der Waals surface area contributed by atoms with Gasteiger partial charge in [-0.3, -0.25) is 9.59 Å². The molecule has 0 saturated carbocycles. The van der Waals surface area contributed by atoms with Gasteiger partial charge in [0.1, 0.15) is 0 Å². The van der Waals surface area contributed by atoms with Crippen molar-refractivity contribution in [3.8, 4) is 0 Å². The highest BCUT2D eigenvalue weighted by Gasteiger charge is 2.19. The molecule has 0 aromatic heterocycles. The van der Waals surface area contributed by atoms with E-state index in [9.17, 15) is 14.4 Å². The molecule has 25 heavy (non-hydrogen) atoms. The molecule has 0 fully saturated rings. The van der Waals surface area contributed by atoms with Gasteiger partial charge in [0, 0.05) is 14.6 Å². The topological polar surface area (TPSA) is 95.5 Å². The van der Waals surface area contributed by atoms with Gasteiger partial charge in [0.05, 0.1) is 17.0 Å². The Morgan fingerprint density at radius 2 is 1.72 bits per heavy atom. The summed E-state index contributed by atoms with van der Waals surface area (Å²) in [6, 6.07) is 11.5. The molecule has 2 rings (SSSR count). The number of carboxylic acid groups (broad SMARTS) is 1. The number of carbonyl (C=O) groups is 3. The van der Waals surface area contributed by atoms with Crippen LogP contribution in [0.1, 0.15) is 10.4 Å². The number of carboxylic acids is 1. The summed E-state index contributed by atoms with van der Waals surface area (Å²) >= 11 is 7.24. The Morgan fingerprint density at radius 3 is 2.36 bits per heavy atom. The molecule has 2 aromatic carbocycles. The highest BCUT2D eigenvalue weighted by atomic mass is 79.9. The second-order valence-electron chi connectivity index (χ2n) is 4.73. The van der Waals surface area contributed by atoms with Gasteiger partial charge in [0.2, 0.25) is 5.12 Å². The van der Waals surface area contributed by atoms with Crippen LogP contribution in [0.25, 0.3) is 0 Å². The maximum atomic E-state index is 12.3. The summed E-state index contributed by atoms with van der Waals surface area (Å²) in [5.74, 6) is -1.46. The Kier molecular flexibility index (Phi) is 7.03. The highest BCUT2D eigenvalue weighted by Crippen LogP contribution is 2.33. The summed E-state index contributed by atoms with van der Waals surface area (Å²) in [4.78, 5) is 35.2. The zero-order valence-corrected chi connectivity index (χ0v) is 16.6. The number of nitrogens with one attached hydrogen (secondary N) is 2. The fourth-order valence-electron chi connectivity index (χ4n) is 1.86. The van der Waals surface area contributed by atoms with Crippen LogP contribution in [-0.2, 0) is 4.79 Å². The van der Waals surface area contributed by atoms with Crippen LogP contribution in [0.15, 0.2) is 51.4 Å². The summed E-state index contributed by atoms with van der Waals surface area (Å²) in [7, 11) is 0. The van der Waals surface area contributed by atoms with E-state index in [-0.39, 0.29) is 17.0 Å². The van der Waals surface area contributed by atoms with E-state index in [1.54, 1.807) is 30.3 Å². The number of benzene rings is 2. The number of aliphatic carboxylic acids is 1. The number of rotatable bonds is 5. The van der Waals surface area contributed by atoms with Crippen LogP contribution in [0, 0.1) is 0 Å². The lowest BCUT2D eigenvalue weighted by molar-refractivity contribution is -0.133. The molecule has 0 unspecified atom stereocenters. The van der Waals surface area contributed by atoms with Crippen LogP contribution in [-0.4, -0.2) is 28.0 Å². The quantitative estimate of drug-likeness (QED) is 0.562. The summed E-state index contributed by atoms with van der Waals surface area (Å²) < 4.78 is 1.11. The number of halogens is 2. The van der Waals surface area contributed by atoms with E-state index in [0.29, 0.717) is 26.4 Å². The third kappa shape index (κ3) is 5.87. The van der Waals surface area contributed by atoms with Gasteiger partial charge in [-0.05, 0) is 40.2 Å². The van der Waals surface area contributed by atoms with E-state index >= 15 is 0 Å². The van der Waals surface area contributed by atoms with E-state index in [4.69, 9.17) is 5.11 Å². The van der Waals surface area contributed by atoms with Crippen molar-refractivity contribution in [2.24, 2.45) is 0 Å². The zero-order chi connectivity index (χ0) is 18.4. The molecule has 0 saturated heterocycles. The number of amides is 2. The standard InChI is InChI=1S/C16H12Br2N2O4S/c17-9-6-11(15(23)25-8-13(21)22)14(12(18)7-9)20-16(24)19-10-4-2-1-3-5-10/h1-7H,8H2,(H,21,22)(H2,19,20,24). The molecule has 0 aliphatic heterocycles. The van der Waals surface area contributed by atoms with Crippen molar-refractivity contribution in [3.63, 3.8) is 0 Å². The molecule has 6 nitrogen and oxygen atoms in total. The first-order chi connectivity index (χ1) is 11.9. The number of anilines is 2. The van der Waals surface area contributed by atoms with Gasteiger partial charge in [0.15, 0.2) is 0 Å². The average molecular weight is 488 g/mol. The van der Waals surface area contributed by atoms with E-state index < -0.39 is 17.1 Å². The normalized spacial score (nSPS) is 10.2. The first-order valence-electron chi connectivity index (χ1n) is 6.88. The minimum atomic E-state index is -1.09. The number of urea groups is 1. The van der Waals surface area contributed by atoms with E-state index in [1.807, 2.05) is 6.07 Å². The van der Waals surface area contributed by atoms with E-state index in [1.165, 1.54) is 6.07 Å². The fourth-order valence-corrected chi connectivity index (χ4v) is 3.76. The van der Waals surface area contributed by atoms with Gasteiger partial charge in [-0.15, -0.1) is 0 Å². The van der Waals surface area contributed by atoms with Gasteiger partial charge in [0.25, 0.3) is 0 Å². The van der Waals surface area contributed by atoms with Gasteiger partial charge in [-0.2, -0.15) is 0 Å².